The molecule has 0 spiro atoms. The Kier molecular flexibility index (Phi) is 9.50. The van der Waals surface area contributed by atoms with Gasteiger partial charge in [-0.15, -0.1) is 0 Å². The number of benzene rings is 4. The van der Waals surface area contributed by atoms with E-state index < -0.39 is 11.4 Å². The normalized spacial score (nSPS) is 21.9. The quantitative estimate of drug-likeness (QED) is 0.132. The molecule has 4 aliphatic rings. The molecule has 2 N–H and O–H groups in total. The van der Waals surface area contributed by atoms with Crippen molar-refractivity contribution < 1.29 is 28.9 Å². The second kappa shape index (κ2) is 14.6. The van der Waals surface area contributed by atoms with E-state index in [1.54, 1.807) is 14.2 Å². The van der Waals surface area contributed by atoms with Gasteiger partial charge in [0.1, 0.15) is 23.1 Å². The Hall–Kier alpha value is -5.74. The number of nitriles is 1. The summed E-state index contributed by atoms with van der Waals surface area (Å²) in [5.41, 5.74) is 8.42. The van der Waals surface area contributed by atoms with Crippen LogP contribution in [0, 0.1) is 23.7 Å². The summed E-state index contributed by atoms with van der Waals surface area (Å²) >= 11 is 0. The molecular formula is C46H48N6O6. The molecule has 12 heteroatoms. The minimum Gasteiger partial charge on any atom is -0.496 e. The van der Waals surface area contributed by atoms with Crippen molar-refractivity contribution >= 4 is 28.0 Å². The number of nitrogens with zero attached hydrogens (tertiary/aromatic N) is 6. The number of aromatic nitrogens is 3. The van der Waals surface area contributed by atoms with Crippen molar-refractivity contribution in [3.05, 3.63) is 89.1 Å². The second-order valence-electron chi connectivity index (χ2n) is 16.6. The van der Waals surface area contributed by atoms with E-state index in [4.69, 9.17) is 24.0 Å². The van der Waals surface area contributed by atoms with E-state index >= 15 is 0 Å². The molecule has 3 heterocycles. The van der Waals surface area contributed by atoms with Gasteiger partial charge in [-0.1, -0.05) is 24.3 Å². The lowest BCUT2D eigenvalue weighted by Crippen LogP contribution is -2.56. The minimum atomic E-state index is -0.653. The Labute approximate surface area is 337 Å². The van der Waals surface area contributed by atoms with Gasteiger partial charge < -0.3 is 24.1 Å². The number of ether oxygens (including phenoxy) is 2. The molecule has 0 radical (unpaired) electrons. The van der Waals surface area contributed by atoms with E-state index in [-0.39, 0.29) is 11.6 Å². The smallest absolute Gasteiger partial charge is 0.309 e. The van der Waals surface area contributed by atoms with Gasteiger partial charge in [-0.2, -0.15) is 10.4 Å². The summed E-state index contributed by atoms with van der Waals surface area (Å²) in [7, 11) is 5.44. The van der Waals surface area contributed by atoms with Crippen LogP contribution in [0.25, 0.3) is 50.3 Å². The maximum Gasteiger partial charge on any atom is 0.309 e. The average molecular weight is 781 g/mol. The third-order valence-corrected chi connectivity index (χ3v) is 13.5. The number of hydrogen-bond donors (Lipinski definition) is 2. The highest BCUT2D eigenvalue weighted by atomic mass is 16.5. The molecule has 4 aromatic carbocycles. The Morgan fingerprint density at radius 1 is 1.00 bits per heavy atom. The van der Waals surface area contributed by atoms with Crippen LogP contribution < -0.4 is 9.47 Å². The first kappa shape index (κ1) is 37.8. The van der Waals surface area contributed by atoms with Crippen LogP contribution in [-0.2, 0) is 17.9 Å². The van der Waals surface area contributed by atoms with Crippen LogP contribution in [-0.4, -0.2) is 86.7 Å². The predicted molar refractivity (Wildman–Crippen MR) is 220 cm³/mol. The Balaban J connectivity index is 1.02. The Morgan fingerprint density at radius 3 is 2.34 bits per heavy atom. The third kappa shape index (κ3) is 6.29. The SMILES string of the molecule is COc1cc(-n2ncc3c(-c4cccc(-c5nc6cc(CN(C)C78CCC(C(=O)O)(CC7)CC8)cc(C#N)c6o5)c4C)cccc32)cc(OC)c1CN1CC[C@@H](O)C1. The number of carboxylic acids is 1. The van der Waals surface area contributed by atoms with E-state index in [0.29, 0.717) is 72.9 Å². The molecule has 4 fully saturated rings. The Bertz CT molecular complexity index is 2570. The first-order valence-corrected chi connectivity index (χ1v) is 20.1. The number of fused-ring (bicyclic) bond motifs is 5. The fraction of sp³-hybridized carbons (Fsp3) is 0.391. The Morgan fingerprint density at radius 2 is 1.69 bits per heavy atom. The molecule has 1 aliphatic heterocycles. The van der Waals surface area contributed by atoms with Gasteiger partial charge in [-0.25, -0.2) is 9.67 Å². The molecule has 2 aromatic heterocycles. The number of aliphatic hydroxyl groups is 1. The van der Waals surface area contributed by atoms with Crippen molar-refractivity contribution in [2.75, 3.05) is 34.4 Å². The largest absolute Gasteiger partial charge is 0.496 e. The molecule has 6 aromatic rings. The number of aliphatic carboxylic acids is 1. The summed E-state index contributed by atoms with van der Waals surface area (Å²) in [4.78, 5) is 21.6. The topological polar surface area (TPSA) is 150 Å². The number of aliphatic hydroxyl groups excluding tert-OH is 1. The number of likely N-dealkylation sites (tertiary alicyclic amines) is 1. The van der Waals surface area contributed by atoms with Gasteiger partial charge in [0.25, 0.3) is 0 Å². The molecule has 3 aliphatic carbocycles. The van der Waals surface area contributed by atoms with E-state index in [1.165, 1.54) is 0 Å². The van der Waals surface area contributed by atoms with Crippen molar-refractivity contribution in [3.63, 3.8) is 0 Å². The molecule has 10 rings (SSSR count). The highest BCUT2D eigenvalue weighted by Gasteiger charge is 2.54. The summed E-state index contributed by atoms with van der Waals surface area (Å²) in [5, 5.41) is 36.0. The van der Waals surface area contributed by atoms with E-state index in [9.17, 15) is 20.3 Å². The molecule has 58 heavy (non-hydrogen) atoms. The summed E-state index contributed by atoms with van der Waals surface area (Å²) in [6.07, 6.45) is 7.05. The van der Waals surface area contributed by atoms with Crippen LogP contribution in [0.1, 0.15) is 67.2 Å². The minimum absolute atomic E-state index is 0.0335. The third-order valence-electron chi connectivity index (χ3n) is 13.5. The van der Waals surface area contributed by atoms with Gasteiger partial charge in [0, 0.05) is 54.8 Å². The zero-order valence-corrected chi connectivity index (χ0v) is 33.4. The standard InChI is InChI=1S/C46H48N6O6/c1-28-33(35-9-6-10-39-36(35)24-48-52(39)31-21-40(56-3)37(41(22-31)57-4)27-51-18-11-32(53)26-51)7-5-8-34(28)43-49-38-20-29(19-30(23-47)42(38)58-43)25-50(2)46-15-12-45(13-16-46,14-17-46)44(54)55/h5-10,19-22,24,32,53H,11-18,25-27H2,1-4H3,(H,54,55)/t32-,45?,46?/m1/s1. The van der Waals surface area contributed by atoms with Crippen LogP contribution in [0.5, 0.6) is 11.5 Å². The highest BCUT2D eigenvalue weighted by molar-refractivity contribution is 5.97. The molecule has 12 nitrogen and oxygen atoms in total. The lowest BCUT2D eigenvalue weighted by Gasteiger charge is -2.55. The predicted octanol–water partition coefficient (Wildman–Crippen LogP) is 7.87. The van der Waals surface area contributed by atoms with Gasteiger partial charge >= 0.3 is 5.97 Å². The van der Waals surface area contributed by atoms with Crippen LogP contribution in [0.4, 0.5) is 0 Å². The van der Waals surface area contributed by atoms with Crippen molar-refractivity contribution in [2.24, 2.45) is 5.41 Å². The summed E-state index contributed by atoms with van der Waals surface area (Å²) < 4.78 is 20.1. The molecule has 1 saturated heterocycles. The van der Waals surface area contributed by atoms with Crippen LogP contribution >= 0.6 is 0 Å². The van der Waals surface area contributed by atoms with Gasteiger partial charge in [-0.05, 0) is 105 Å². The maximum absolute atomic E-state index is 12.0. The van der Waals surface area contributed by atoms with Crippen LogP contribution in [0.15, 0.2) is 71.3 Å². The molecule has 2 bridgehead atoms. The maximum atomic E-state index is 12.0. The molecule has 0 amide bonds. The van der Waals surface area contributed by atoms with Gasteiger partial charge in [-0.3, -0.25) is 14.6 Å². The van der Waals surface area contributed by atoms with Crippen molar-refractivity contribution in [3.8, 4) is 45.8 Å². The molecule has 298 valence electrons. The first-order chi connectivity index (χ1) is 28.0. The summed E-state index contributed by atoms with van der Waals surface area (Å²) in [5.74, 6) is 1.19. The van der Waals surface area contributed by atoms with Crippen molar-refractivity contribution in [1.82, 2.24) is 24.6 Å². The fourth-order valence-electron chi connectivity index (χ4n) is 9.96. The lowest BCUT2D eigenvalue weighted by molar-refractivity contribution is -0.160. The van der Waals surface area contributed by atoms with Gasteiger partial charge in [0.15, 0.2) is 5.58 Å². The van der Waals surface area contributed by atoms with E-state index in [0.717, 1.165) is 82.2 Å². The summed E-state index contributed by atoms with van der Waals surface area (Å²) in [6.45, 7) is 4.74. The second-order valence-corrected chi connectivity index (χ2v) is 16.6. The zero-order valence-electron chi connectivity index (χ0n) is 33.4. The van der Waals surface area contributed by atoms with Crippen LogP contribution in [0.2, 0.25) is 0 Å². The fourth-order valence-corrected chi connectivity index (χ4v) is 9.96. The van der Waals surface area contributed by atoms with Gasteiger partial charge in [0.2, 0.25) is 5.89 Å². The zero-order chi connectivity index (χ0) is 40.3. The highest BCUT2D eigenvalue weighted by Crippen LogP contribution is 2.55. The number of hydrogen-bond acceptors (Lipinski definition) is 10. The number of oxazole rings is 1. The molecule has 0 unspecified atom stereocenters. The number of β-amino-alcohol motifs (C(OH)–C–C–N with tert-alkyl or cyclic N) is 1. The molecule has 3 saturated carbocycles. The number of carboxylic acid groups (broad SMARTS) is 1. The lowest BCUT2D eigenvalue weighted by atomic mass is 9.57. The number of carbonyl (C=O) groups is 1. The van der Waals surface area contributed by atoms with Crippen molar-refractivity contribution in [2.45, 2.75) is 76.6 Å². The van der Waals surface area contributed by atoms with Crippen molar-refractivity contribution in [1.29, 1.82) is 5.26 Å². The first-order valence-electron chi connectivity index (χ1n) is 20.1. The van der Waals surface area contributed by atoms with E-state index in [1.807, 2.05) is 59.4 Å². The van der Waals surface area contributed by atoms with Gasteiger partial charge in [0.05, 0.1) is 54.3 Å². The monoisotopic (exact) mass is 780 g/mol. The number of methoxy groups -OCH3 is 2. The van der Waals surface area contributed by atoms with E-state index in [2.05, 4.69) is 42.0 Å². The molecule has 1 atom stereocenters. The average Bonchev–Trinajstić information content (AvgIpc) is 3.99. The summed E-state index contributed by atoms with van der Waals surface area (Å²) in [6, 6.07) is 22.5. The number of rotatable bonds is 11. The molecular weight excluding hydrogens is 733 g/mol. The van der Waals surface area contributed by atoms with Crippen LogP contribution in [0.3, 0.4) is 0 Å².